The Balaban J connectivity index is 3.12. The average molecular weight is 315 g/mol. The molecule has 0 aromatic carbocycles. The lowest BCUT2D eigenvalue weighted by molar-refractivity contribution is 0.163. The molecule has 0 saturated carbocycles. The van der Waals surface area contributed by atoms with Crippen LogP contribution in [0, 0.1) is 0 Å². The molecule has 0 unspecified atom stereocenters. The quantitative estimate of drug-likeness (QED) is 0.744. The Morgan fingerprint density at radius 3 is 2.43 bits per heavy atom. The van der Waals surface area contributed by atoms with E-state index in [1.165, 1.54) is 10.5 Å². The van der Waals surface area contributed by atoms with Crippen LogP contribution in [0.5, 0.6) is 0 Å². The number of rotatable bonds is 9. The summed E-state index contributed by atoms with van der Waals surface area (Å²) >= 11 is 0. The van der Waals surface area contributed by atoms with E-state index in [1.54, 1.807) is 19.2 Å². The first-order valence-corrected chi connectivity index (χ1v) is 8.61. The summed E-state index contributed by atoms with van der Waals surface area (Å²) in [5.41, 5.74) is 6.15. The highest BCUT2D eigenvalue weighted by Gasteiger charge is 2.29. The van der Waals surface area contributed by atoms with Gasteiger partial charge in [-0.1, -0.05) is 13.8 Å². The molecule has 0 amide bonds. The maximum absolute atomic E-state index is 12.8. The van der Waals surface area contributed by atoms with Crippen molar-refractivity contribution in [1.29, 1.82) is 0 Å². The van der Waals surface area contributed by atoms with Crippen molar-refractivity contribution in [3.63, 3.8) is 0 Å². The lowest BCUT2D eigenvalue weighted by Crippen LogP contribution is -2.41. The molecule has 0 atom stereocenters. The number of nitrogens with zero attached hydrogens (tertiary/aromatic N) is 2. The number of methoxy groups -OCH3 is 1. The molecule has 0 bridgehead atoms. The maximum atomic E-state index is 12.8. The summed E-state index contributed by atoms with van der Waals surface area (Å²) in [6.07, 6.45) is 2.89. The molecule has 0 aliphatic carbocycles. The molecule has 1 aromatic heterocycles. The Bertz CT molecular complexity index is 513. The van der Waals surface area contributed by atoms with E-state index in [1.807, 2.05) is 13.8 Å². The molecule has 0 spiro atoms. The van der Waals surface area contributed by atoms with Gasteiger partial charge < -0.3 is 10.5 Å². The Labute approximate surface area is 127 Å². The lowest BCUT2D eigenvalue weighted by atomic mass is 10.2. The normalized spacial score (nSPS) is 12.3. The molecule has 7 heteroatoms. The molecule has 0 aliphatic heterocycles. The van der Waals surface area contributed by atoms with Gasteiger partial charge in [-0.2, -0.15) is 4.31 Å². The van der Waals surface area contributed by atoms with Crippen LogP contribution in [0.2, 0.25) is 0 Å². The van der Waals surface area contributed by atoms with E-state index in [4.69, 9.17) is 10.5 Å². The third kappa shape index (κ3) is 4.47. The van der Waals surface area contributed by atoms with Crippen molar-refractivity contribution in [1.82, 2.24) is 9.29 Å². The fraction of sp³-hybridized carbons (Fsp3) is 0.643. The van der Waals surface area contributed by atoms with Crippen LogP contribution in [-0.4, -0.2) is 44.0 Å². The second-order valence-corrected chi connectivity index (χ2v) is 6.66. The number of pyridine rings is 1. The predicted octanol–water partition coefficient (Wildman–Crippen LogP) is 1.37. The second-order valence-electron chi connectivity index (χ2n) is 4.77. The third-order valence-electron chi connectivity index (χ3n) is 3.48. The molecule has 21 heavy (non-hydrogen) atoms. The van der Waals surface area contributed by atoms with Crippen LogP contribution in [0.3, 0.4) is 0 Å². The molecule has 2 N–H and O–H groups in total. The van der Waals surface area contributed by atoms with Gasteiger partial charge in [0.2, 0.25) is 10.0 Å². The van der Waals surface area contributed by atoms with Crippen molar-refractivity contribution >= 4 is 10.0 Å². The highest BCUT2D eigenvalue weighted by molar-refractivity contribution is 7.89. The fourth-order valence-electron chi connectivity index (χ4n) is 2.20. The van der Waals surface area contributed by atoms with Crippen molar-refractivity contribution < 1.29 is 13.2 Å². The predicted molar refractivity (Wildman–Crippen MR) is 82.3 cm³/mol. The van der Waals surface area contributed by atoms with Gasteiger partial charge in [-0.05, 0) is 25.0 Å². The molecular weight excluding hydrogens is 290 g/mol. The minimum atomic E-state index is -3.57. The van der Waals surface area contributed by atoms with Crippen molar-refractivity contribution in [3.05, 3.63) is 24.0 Å². The van der Waals surface area contributed by atoms with Gasteiger partial charge in [0.05, 0.1) is 12.3 Å². The first-order chi connectivity index (χ1) is 10.0. The highest BCUT2D eigenvalue weighted by atomic mass is 32.2. The zero-order valence-corrected chi connectivity index (χ0v) is 13.8. The molecule has 1 rings (SSSR count). The first-order valence-electron chi connectivity index (χ1n) is 7.17. The minimum Gasteiger partial charge on any atom is -0.383 e. The van der Waals surface area contributed by atoms with E-state index in [0.717, 1.165) is 12.8 Å². The van der Waals surface area contributed by atoms with E-state index in [9.17, 15) is 8.42 Å². The van der Waals surface area contributed by atoms with Gasteiger partial charge >= 0.3 is 0 Å². The summed E-state index contributed by atoms with van der Waals surface area (Å²) in [7, 11) is -2.01. The molecule has 0 radical (unpaired) electrons. The Kier molecular flexibility index (Phi) is 7.24. The first kappa shape index (κ1) is 18.0. The third-order valence-corrected chi connectivity index (χ3v) is 5.41. The van der Waals surface area contributed by atoms with Gasteiger partial charge in [-0.15, -0.1) is 0 Å². The SMILES string of the molecule is CCC(CC)N(CCOC)S(=O)(=O)c1ccc(CN)nc1. The summed E-state index contributed by atoms with van der Waals surface area (Å²) in [4.78, 5) is 4.27. The van der Waals surface area contributed by atoms with Gasteiger partial charge in [-0.3, -0.25) is 4.98 Å². The Morgan fingerprint density at radius 1 is 1.33 bits per heavy atom. The molecule has 1 aromatic rings. The molecule has 0 aliphatic rings. The zero-order valence-electron chi connectivity index (χ0n) is 12.9. The standard InChI is InChI=1S/C14H25N3O3S/c1-4-13(5-2)17(8-9-20-3)21(18,19)14-7-6-12(10-15)16-11-14/h6-7,11,13H,4-5,8-10,15H2,1-3H3. The highest BCUT2D eigenvalue weighted by Crippen LogP contribution is 2.20. The van der Waals surface area contributed by atoms with E-state index in [2.05, 4.69) is 4.98 Å². The number of aromatic nitrogens is 1. The van der Waals surface area contributed by atoms with E-state index in [-0.39, 0.29) is 10.9 Å². The summed E-state index contributed by atoms with van der Waals surface area (Å²) < 4.78 is 32.1. The van der Waals surface area contributed by atoms with Crippen LogP contribution in [-0.2, 0) is 21.3 Å². The summed E-state index contributed by atoms with van der Waals surface area (Å²) in [5, 5.41) is 0. The molecule has 120 valence electrons. The van der Waals surface area contributed by atoms with Gasteiger partial charge in [0.1, 0.15) is 4.90 Å². The van der Waals surface area contributed by atoms with E-state index >= 15 is 0 Å². The summed E-state index contributed by atoms with van der Waals surface area (Å²) in [6.45, 7) is 4.96. The Morgan fingerprint density at radius 2 is 2.00 bits per heavy atom. The van der Waals surface area contributed by atoms with Gasteiger partial charge in [0.15, 0.2) is 0 Å². The van der Waals surface area contributed by atoms with Crippen LogP contribution in [0.15, 0.2) is 23.2 Å². The van der Waals surface area contributed by atoms with Crippen LogP contribution < -0.4 is 5.73 Å². The number of nitrogens with two attached hydrogens (primary N) is 1. The summed E-state index contributed by atoms with van der Waals surface area (Å²) in [5.74, 6) is 0. The molecular formula is C14H25N3O3S. The molecule has 6 nitrogen and oxygen atoms in total. The molecule has 1 heterocycles. The van der Waals surface area contributed by atoms with Gasteiger partial charge in [-0.25, -0.2) is 8.42 Å². The number of hydrogen-bond acceptors (Lipinski definition) is 5. The summed E-state index contributed by atoms with van der Waals surface area (Å²) in [6, 6.07) is 3.17. The van der Waals surface area contributed by atoms with Crippen LogP contribution in [0.4, 0.5) is 0 Å². The molecule has 0 fully saturated rings. The zero-order chi connectivity index (χ0) is 15.9. The van der Waals surface area contributed by atoms with Crippen LogP contribution >= 0.6 is 0 Å². The smallest absolute Gasteiger partial charge is 0.244 e. The maximum Gasteiger partial charge on any atom is 0.244 e. The van der Waals surface area contributed by atoms with Crippen molar-refractivity contribution in [2.24, 2.45) is 5.73 Å². The largest absolute Gasteiger partial charge is 0.383 e. The lowest BCUT2D eigenvalue weighted by Gasteiger charge is -2.29. The van der Waals surface area contributed by atoms with Gasteiger partial charge in [0.25, 0.3) is 0 Å². The van der Waals surface area contributed by atoms with Crippen LogP contribution in [0.1, 0.15) is 32.4 Å². The van der Waals surface area contributed by atoms with E-state index < -0.39 is 10.0 Å². The van der Waals surface area contributed by atoms with Crippen molar-refractivity contribution in [2.75, 3.05) is 20.3 Å². The number of sulfonamides is 1. The Hall–Kier alpha value is -1.02. The van der Waals surface area contributed by atoms with Gasteiger partial charge in [0, 0.05) is 32.4 Å². The second kappa shape index (κ2) is 8.43. The van der Waals surface area contributed by atoms with Crippen molar-refractivity contribution in [3.8, 4) is 0 Å². The van der Waals surface area contributed by atoms with Crippen LogP contribution in [0.25, 0.3) is 0 Å². The molecule has 0 saturated heterocycles. The minimum absolute atomic E-state index is 0.0423. The monoisotopic (exact) mass is 315 g/mol. The average Bonchev–Trinajstić information content (AvgIpc) is 2.51. The topological polar surface area (TPSA) is 85.5 Å². The number of hydrogen-bond donors (Lipinski definition) is 1. The van der Waals surface area contributed by atoms with E-state index in [0.29, 0.717) is 25.4 Å². The fourth-order valence-corrected chi connectivity index (χ4v) is 3.90. The van der Waals surface area contributed by atoms with Crippen molar-refractivity contribution in [2.45, 2.75) is 44.2 Å². The number of ether oxygens (including phenoxy) is 1.